The van der Waals surface area contributed by atoms with E-state index in [1.807, 2.05) is 31.5 Å². The Hall–Kier alpha value is -1.88. The van der Waals surface area contributed by atoms with Crippen LogP contribution in [0.1, 0.15) is 22.3 Å². The van der Waals surface area contributed by atoms with E-state index in [4.69, 9.17) is 5.11 Å². The van der Waals surface area contributed by atoms with Gasteiger partial charge in [-0.15, -0.1) is 0 Å². The lowest BCUT2D eigenvalue weighted by molar-refractivity contribution is 0.0948. The second-order valence-electron chi connectivity index (χ2n) is 4.36. The van der Waals surface area contributed by atoms with Crippen LogP contribution in [0, 0.1) is 0 Å². The monoisotopic (exact) mass is 250 g/mol. The van der Waals surface area contributed by atoms with E-state index in [1.54, 1.807) is 12.1 Å². The van der Waals surface area contributed by atoms with Crippen molar-refractivity contribution < 1.29 is 14.7 Å². The van der Waals surface area contributed by atoms with Gasteiger partial charge in [-0.1, -0.05) is 12.1 Å². The number of carbonyl (C=O) groups excluding carboxylic acids is 1. The van der Waals surface area contributed by atoms with Gasteiger partial charge in [0.1, 0.15) is 0 Å². The molecule has 2 amide bonds. The third kappa shape index (κ3) is 4.97. The minimum absolute atomic E-state index is 0.355. The third-order valence-electron chi connectivity index (χ3n) is 2.51. The molecule has 0 bridgehead atoms. The van der Waals surface area contributed by atoms with Crippen molar-refractivity contribution in [2.75, 3.05) is 20.6 Å². The highest BCUT2D eigenvalue weighted by Gasteiger charge is 2.08. The van der Waals surface area contributed by atoms with E-state index in [0.29, 0.717) is 5.56 Å². The second kappa shape index (κ2) is 6.76. The molecule has 0 aliphatic heterocycles. The predicted octanol–water partition coefficient (Wildman–Crippen LogP) is 1.59. The molecule has 2 N–H and O–H groups in total. The molecule has 1 aromatic carbocycles. The Balaban J connectivity index is 2.52. The SMILES string of the molecule is CN(C)CCCc1ccc(C(=O)NC(=O)O)cc1. The number of amides is 2. The van der Waals surface area contributed by atoms with Gasteiger partial charge in [0, 0.05) is 5.56 Å². The van der Waals surface area contributed by atoms with Gasteiger partial charge in [-0.3, -0.25) is 10.1 Å². The fourth-order valence-electron chi connectivity index (χ4n) is 1.59. The average Bonchev–Trinajstić information content (AvgIpc) is 2.28. The topological polar surface area (TPSA) is 69.6 Å². The Morgan fingerprint density at radius 3 is 2.33 bits per heavy atom. The highest BCUT2D eigenvalue weighted by molar-refractivity contribution is 6.02. The van der Waals surface area contributed by atoms with Crippen LogP contribution in [0.2, 0.25) is 0 Å². The first-order valence-corrected chi connectivity index (χ1v) is 5.77. The van der Waals surface area contributed by atoms with E-state index in [2.05, 4.69) is 4.90 Å². The zero-order chi connectivity index (χ0) is 13.5. The average molecular weight is 250 g/mol. The van der Waals surface area contributed by atoms with Gasteiger partial charge in [-0.25, -0.2) is 4.79 Å². The molecule has 5 heteroatoms. The van der Waals surface area contributed by atoms with Crippen LogP contribution in [-0.4, -0.2) is 42.6 Å². The van der Waals surface area contributed by atoms with E-state index in [9.17, 15) is 9.59 Å². The number of imide groups is 1. The summed E-state index contributed by atoms with van der Waals surface area (Å²) in [6, 6.07) is 6.99. The number of carbonyl (C=O) groups is 2. The molecule has 18 heavy (non-hydrogen) atoms. The predicted molar refractivity (Wildman–Crippen MR) is 68.8 cm³/mol. The van der Waals surface area contributed by atoms with Crippen LogP contribution < -0.4 is 5.32 Å². The minimum atomic E-state index is -1.34. The highest BCUT2D eigenvalue weighted by Crippen LogP contribution is 2.07. The normalized spacial score (nSPS) is 10.4. The third-order valence-corrected chi connectivity index (χ3v) is 2.51. The first kappa shape index (κ1) is 14.2. The molecule has 0 radical (unpaired) electrons. The van der Waals surface area contributed by atoms with E-state index < -0.39 is 12.0 Å². The number of hydrogen-bond donors (Lipinski definition) is 2. The molecule has 0 aliphatic carbocycles. The molecule has 1 aromatic rings. The van der Waals surface area contributed by atoms with Crippen molar-refractivity contribution >= 4 is 12.0 Å². The van der Waals surface area contributed by atoms with Crippen LogP contribution in [0.4, 0.5) is 4.79 Å². The van der Waals surface area contributed by atoms with Gasteiger partial charge in [0.25, 0.3) is 5.91 Å². The maximum atomic E-state index is 11.4. The van der Waals surface area contributed by atoms with Crippen molar-refractivity contribution in [3.8, 4) is 0 Å². The quantitative estimate of drug-likeness (QED) is 0.832. The Morgan fingerprint density at radius 1 is 1.22 bits per heavy atom. The first-order valence-electron chi connectivity index (χ1n) is 5.77. The van der Waals surface area contributed by atoms with Crippen molar-refractivity contribution in [1.82, 2.24) is 10.2 Å². The Kier molecular flexibility index (Phi) is 5.32. The van der Waals surface area contributed by atoms with Gasteiger partial charge in [-0.05, 0) is 51.2 Å². The minimum Gasteiger partial charge on any atom is -0.465 e. The number of benzene rings is 1. The summed E-state index contributed by atoms with van der Waals surface area (Å²) in [5.74, 6) is -0.595. The number of aryl methyl sites for hydroxylation is 1. The van der Waals surface area contributed by atoms with Crippen LogP contribution in [0.25, 0.3) is 0 Å². The maximum Gasteiger partial charge on any atom is 0.411 e. The summed E-state index contributed by atoms with van der Waals surface area (Å²) in [7, 11) is 4.05. The van der Waals surface area contributed by atoms with Gasteiger partial charge in [0.2, 0.25) is 0 Å². The van der Waals surface area contributed by atoms with Crippen molar-refractivity contribution in [2.45, 2.75) is 12.8 Å². The summed E-state index contributed by atoms with van der Waals surface area (Å²) in [6.45, 7) is 1.02. The number of nitrogens with one attached hydrogen (secondary N) is 1. The molecule has 0 fully saturated rings. The first-order chi connectivity index (χ1) is 8.49. The molecule has 0 atom stereocenters. The smallest absolute Gasteiger partial charge is 0.411 e. The Morgan fingerprint density at radius 2 is 1.83 bits per heavy atom. The zero-order valence-corrected chi connectivity index (χ0v) is 10.6. The molecular weight excluding hydrogens is 232 g/mol. The summed E-state index contributed by atoms with van der Waals surface area (Å²) in [6.07, 6.45) is 0.655. The fourth-order valence-corrected chi connectivity index (χ4v) is 1.59. The van der Waals surface area contributed by atoms with Crippen LogP contribution in [0.5, 0.6) is 0 Å². The van der Waals surface area contributed by atoms with Crippen LogP contribution in [-0.2, 0) is 6.42 Å². The lowest BCUT2D eigenvalue weighted by atomic mass is 10.1. The number of carboxylic acid groups (broad SMARTS) is 1. The molecule has 0 saturated heterocycles. The summed E-state index contributed by atoms with van der Waals surface area (Å²) < 4.78 is 0. The Bertz CT molecular complexity index is 413. The standard InChI is InChI=1S/C13H18N2O3/c1-15(2)9-3-4-10-5-7-11(8-6-10)12(16)14-13(17)18/h5-8H,3-4,9H2,1-2H3,(H,14,16)(H,17,18). The lowest BCUT2D eigenvalue weighted by Crippen LogP contribution is -2.28. The number of hydrogen-bond acceptors (Lipinski definition) is 3. The molecule has 98 valence electrons. The molecule has 0 aromatic heterocycles. The summed E-state index contributed by atoms with van der Waals surface area (Å²) in [5, 5.41) is 10.2. The van der Waals surface area contributed by atoms with E-state index >= 15 is 0 Å². The van der Waals surface area contributed by atoms with Crippen LogP contribution in [0.3, 0.4) is 0 Å². The van der Waals surface area contributed by atoms with E-state index in [-0.39, 0.29) is 0 Å². The molecule has 1 rings (SSSR count). The van der Waals surface area contributed by atoms with Gasteiger partial charge in [-0.2, -0.15) is 0 Å². The maximum absolute atomic E-state index is 11.4. The molecule has 0 unspecified atom stereocenters. The van der Waals surface area contributed by atoms with Gasteiger partial charge >= 0.3 is 6.09 Å². The fraction of sp³-hybridized carbons (Fsp3) is 0.385. The summed E-state index contributed by atoms with van der Waals surface area (Å²) >= 11 is 0. The summed E-state index contributed by atoms with van der Waals surface area (Å²) in [4.78, 5) is 23.8. The molecule has 0 spiro atoms. The van der Waals surface area contributed by atoms with Crippen molar-refractivity contribution in [1.29, 1.82) is 0 Å². The zero-order valence-electron chi connectivity index (χ0n) is 10.6. The van der Waals surface area contributed by atoms with Crippen molar-refractivity contribution in [2.24, 2.45) is 0 Å². The lowest BCUT2D eigenvalue weighted by Gasteiger charge is -2.09. The van der Waals surface area contributed by atoms with Gasteiger partial charge < -0.3 is 10.0 Å². The highest BCUT2D eigenvalue weighted by atomic mass is 16.4. The molecular formula is C13H18N2O3. The van der Waals surface area contributed by atoms with Gasteiger partial charge in [0.05, 0.1) is 0 Å². The molecule has 5 nitrogen and oxygen atoms in total. The van der Waals surface area contributed by atoms with Crippen LogP contribution in [0.15, 0.2) is 24.3 Å². The largest absolute Gasteiger partial charge is 0.465 e. The molecule has 0 heterocycles. The van der Waals surface area contributed by atoms with Crippen molar-refractivity contribution in [3.63, 3.8) is 0 Å². The summed E-state index contributed by atoms with van der Waals surface area (Å²) in [5.41, 5.74) is 1.50. The number of nitrogens with zero attached hydrogens (tertiary/aromatic N) is 1. The Labute approximate surface area is 106 Å². The molecule has 0 aliphatic rings. The second-order valence-corrected chi connectivity index (χ2v) is 4.36. The van der Waals surface area contributed by atoms with Gasteiger partial charge in [0.15, 0.2) is 0 Å². The van der Waals surface area contributed by atoms with E-state index in [1.165, 1.54) is 0 Å². The van der Waals surface area contributed by atoms with Crippen LogP contribution >= 0.6 is 0 Å². The molecule has 0 saturated carbocycles. The van der Waals surface area contributed by atoms with Crippen molar-refractivity contribution in [3.05, 3.63) is 35.4 Å². The van der Waals surface area contributed by atoms with E-state index in [0.717, 1.165) is 24.9 Å². The number of rotatable bonds is 5.